The summed E-state index contributed by atoms with van der Waals surface area (Å²) in [7, 11) is 2.11. The molecule has 0 aromatic carbocycles. The fraction of sp³-hybridized carbons (Fsp3) is 0.833. The van der Waals surface area contributed by atoms with E-state index in [0.717, 1.165) is 32.7 Å². The van der Waals surface area contributed by atoms with Crippen LogP contribution in [0.2, 0.25) is 0 Å². The summed E-state index contributed by atoms with van der Waals surface area (Å²) in [6.45, 7) is 5.45. The molecule has 2 aliphatic heterocycles. The molecule has 3 rings (SSSR count). The fourth-order valence-electron chi connectivity index (χ4n) is 2.97. The first-order valence-corrected chi connectivity index (χ1v) is 6.61. The maximum Gasteiger partial charge on any atom is 0.234 e. The molecule has 2 atom stereocenters. The van der Waals surface area contributed by atoms with Gasteiger partial charge in [-0.2, -0.15) is 0 Å². The van der Waals surface area contributed by atoms with E-state index in [-0.39, 0.29) is 29.7 Å². The predicted molar refractivity (Wildman–Crippen MR) is 65.6 cm³/mol. The lowest BCUT2D eigenvalue weighted by Crippen LogP contribution is -2.48. The SMILES string of the molecule is CN1CCN(CCN2C(=O)C3C(N)C3C2=O)CC1. The van der Waals surface area contributed by atoms with Gasteiger partial charge in [-0.15, -0.1) is 0 Å². The second-order valence-corrected chi connectivity index (χ2v) is 5.60. The van der Waals surface area contributed by atoms with E-state index in [1.807, 2.05) is 0 Å². The van der Waals surface area contributed by atoms with E-state index in [1.165, 1.54) is 4.90 Å². The zero-order valence-corrected chi connectivity index (χ0v) is 10.7. The Hall–Kier alpha value is -0.980. The lowest BCUT2D eigenvalue weighted by molar-refractivity contribution is -0.141. The van der Waals surface area contributed by atoms with Gasteiger partial charge in [0.2, 0.25) is 11.8 Å². The average molecular weight is 252 g/mol. The van der Waals surface area contributed by atoms with Crippen molar-refractivity contribution in [3.8, 4) is 0 Å². The summed E-state index contributed by atoms with van der Waals surface area (Å²) in [6, 6.07) is -0.204. The average Bonchev–Trinajstić information content (AvgIpc) is 2.94. The van der Waals surface area contributed by atoms with Gasteiger partial charge in [-0.3, -0.25) is 19.4 Å². The fourth-order valence-corrected chi connectivity index (χ4v) is 2.97. The van der Waals surface area contributed by atoms with Crippen molar-refractivity contribution in [2.45, 2.75) is 6.04 Å². The first-order valence-electron chi connectivity index (χ1n) is 6.61. The Morgan fingerprint density at radius 3 is 2.17 bits per heavy atom. The third-order valence-corrected chi connectivity index (χ3v) is 4.41. The summed E-state index contributed by atoms with van der Waals surface area (Å²) in [5.41, 5.74) is 5.68. The van der Waals surface area contributed by atoms with E-state index in [4.69, 9.17) is 5.73 Å². The van der Waals surface area contributed by atoms with Crippen LogP contribution < -0.4 is 5.73 Å². The van der Waals surface area contributed by atoms with E-state index in [2.05, 4.69) is 16.8 Å². The monoisotopic (exact) mass is 252 g/mol. The minimum absolute atomic E-state index is 0.0494. The van der Waals surface area contributed by atoms with Crippen molar-refractivity contribution in [1.29, 1.82) is 0 Å². The van der Waals surface area contributed by atoms with E-state index in [1.54, 1.807) is 0 Å². The Morgan fingerprint density at radius 1 is 1.06 bits per heavy atom. The molecule has 6 heteroatoms. The van der Waals surface area contributed by atoms with Crippen LogP contribution in [0.15, 0.2) is 0 Å². The van der Waals surface area contributed by atoms with Crippen molar-refractivity contribution in [3.05, 3.63) is 0 Å². The molecule has 0 radical (unpaired) electrons. The molecule has 2 heterocycles. The van der Waals surface area contributed by atoms with E-state index >= 15 is 0 Å². The smallest absolute Gasteiger partial charge is 0.234 e. The first kappa shape index (κ1) is 12.1. The highest BCUT2D eigenvalue weighted by Gasteiger charge is 2.65. The minimum Gasteiger partial charge on any atom is -0.326 e. The van der Waals surface area contributed by atoms with Gasteiger partial charge in [-0.1, -0.05) is 0 Å². The molecule has 6 nitrogen and oxygen atoms in total. The summed E-state index contributed by atoms with van der Waals surface area (Å²) in [4.78, 5) is 29.8. The van der Waals surface area contributed by atoms with Crippen molar-refractivity contribution < 1.29 is 9.59 Å². The standard InChI is InChI=1S/C12H20N4O2/c1-14-2-4-15(5-3-14)6-7-16-11(17)8-9(10(8)13)12(16)18/h8-10H,2-7,13H2,1H3. The van der Waals surface area contributed by atoms with Gasteiger partial charge in [-0.25, -0.2) is 0 Å². The van der Waals surface area contributed by atoms with E-state index in [0.29, 0.717) is 6.54 Å². The second-order valence-electron chi connectivity index (χ2n) is 5.60. The second kappa shape index (κ2) is 4.29. The van der Waals surface area contributed by atoms with Crippen molar-refractivity contribution in [2.75, 3.05) is 46.3 Å². The number of piperazine rings is 1. The van der Waals surface area contributed by atoms with Gasteiger partial charge in [0.05, 0.1) is 11.8 Å². The van der Waals surface area contributed by atoms with E-state index < -0.39 is 0 Å². The molecule has 3 fully saturated rings. The molecule has 1 saturated carbocycles. The summed E-state index contributed by atoms with van der Waals surface area (Å²) in [6.07, 6.45) is 0. The normalized spacial score (nSPS) is 37.2. The van der Waals surface area contributed by atoms with Crippen LogP contribution in [0.1, 0.15) is 0 Å². The third-order valence-electron chi connectivity index (χ3n) is 4.41. The van der Waals surface area contributed by atoms with Crippen molar-refractivity contribution in [3.63, 3.8) is 0 Å². The summed E-state index contributed by atoms with van der Waals surface area (Å²) < 4.78 is 0. The van der Waals surface area contributed by atoms with Crippen LogP contribution in [0.25, 0.3) is 0 Å². The van der Waals surface area contributed by atoms with Crippen LogP contribution in [0.5, 0.6) is 0 Å². The van der Waals surface area contributed by atoms with Crippen LogP contribution in [0.3, 0.4) is 0 Å². The molecule has 2 unspecified atom stereocenters. The number of nitrogens with zero attached hydrogens (tertiary/aromatic N) is 3. The molecule has 1 aliphatic carbocycles. The topological polar surface area (TPSA) is 69.9 Å². The van der Waals surface area contributed by atoms with Crippen LogP contribution in [0.4, 0.5) is 0 Å². The van der Waals surface area contributed by atoms with E-state index in [9.17, 15) is 9.59 Å². The molecule has 2 N–H and O–H groups in total. The number of likely N-dealkylation sites (tertiary alicyclic amines) is 1. The number of hydrogen-bond acceptors (Lipinski definition) is 5. The lowest BCUT2D eigenvalue weighted by Gasteiger charge is -2.33. The number of hydrogen-bond donors (Lipinski definition) is 1. The number of rotatable bonds is 3. The largest absolute Gasteiger partial charge is 0.326 e. The highest BCUT2D eigenvalue weighted by molar-refractivity contribution is 6.10. The van der Waals surface area contributed by atoms with Crippen LogP contribution >= 0.6 is 0 Å². The molecule has 0 spiro atoms. The number of amides is 2. The highest BCUT2D eigenvalue weighted by atomic mass is 16.2. The van der Waals surface area contributed by atoms with Crippen LogP contribution in [-0.4, -0.2) is 78.9 Å². The number of nitrogens with two attached hydrogens (primary N) is 1. The third kappa shape index (κ3) is 1.84. The molecule has 3 aliphatic rings. The first-order chi connectivity index (χ1) is 8.59. The number of piperidine rings is 1. The Morgan fingerprint density at radius 2 is 1.61 bits per heavy atom. The van der Waals surface area contributed by atoms with Crippen molar-refractivity contribution >= 4 is 11.8 Å². The molecule has 0 bridgehead atoms. The maximum atomic E-state index is 11.9. The van der Waals surface area contributed by atoms with Gasteiger partial charge in [0, 0.05) is 45.3 Å². The number of carbonyl (C=O) groups excluding carboxylic acids is 2. The highest BCUT2D eigenvalue weighted by Crippen LogP contribution is 2.45. The molecule has 0 aromatic rings. The number of fused-ring (bicyclic) bond motifs is 1. The number of carbonyl (C=O) groups is 2. The molecule has 2 saturated heterocycles. The Kier molecular flexibility index (Phi) is 2.88. The van der Waals surface area contributed by atoms with Gasteiger partial charge in [0.1, 0.15) is 0 Å². The number of imide groups is 1. The van der Waals surface area contributed by atoms with Crippen molar-refractivity contribution in [2.24, 2.45) is 17.6 Å². The summed E-state index contributed by atoms with van der Waals surface area (Å²) in [5, 5.41) is 0. The van der Waals surface area contributed by atoms with Crippen LogP contribution in [0, 0.1) is 11.8 Å². The Labute approximate surface area is 107 Å². The van der Waals surface area contributed by atoms with Gasteiger partial charge in [0.15, 0.2) is 0 Å². The van der Waals surface area contributed by atoms with Crippen LogP contribution in [-0.2, 0) is 9.59 Å². The van der Waals surface area contributed by atoms with Crippen molar-refractivity contribution in [1.82, 2.24) is 14.7 Å². The quantitative estimate of drug-likeness (QED) is 0.599. The lowest BCUT2D eigenvalue weighted by atomic mass is 10.3. The van der Waals surface area contributed by atoms with Gasteiger partial charge < -0.3 is 10.6 Å². The van der Waals surface area contributed by atoms with Gasteiger partial charge in [0.25, 0.3) is 0 Å². The molecule has 18 heavy (non-hydrogen) atoms. The summed E-state index contributed by atoms with van der Waals surface area (Å²) in [5.74, 6) is -0.506. The minimum atomic E-state index is -0.204. The zero-order chi connectivity index (χ0) is 12.9. The zero-order valence-electron chi connectivity index (χ0n) is 10.7. The molecular weight excluding hydrogens is 232 g/mol. The number of likely N-dealkylation sites (N-methyl/N-ethyl adjacent to an activating group) is 1. The summed E-state index contributed by atoms with van der Waals surface area (Å²) >= 11 is 0. The molecule has 100 valence electrons. The Balaban J connectivity index is 1.50. The molecular formula is C12H20N4O2. The Bertz CT molecular complexity index is 356. The molecule has 2 amide bonds. The molecule has 0 aromatic heterocycles. The maximum absolute atomic E-state index is 11.9. The van der Waals surface area contributed by atoms with Gasteiger partial charge >= 0.3 is 0 Å². The van der Waals surface area contributed by atoms with Gasteiger partial charge in [-0.05, 0) is 7.05 Å². The predicted octanol–water partition coefficient (Wildman–Crippen LogP) is -1.82.